The van der Waals surface area contributed by atoms with Crippen LogP contribution in [0.15, 0.2) is 12.2 Å². The van der Waals surface area contributed by atoms with Gasteiger partial charge < -0.3 is 10.1 Å². The van der Waals surface area contributed by atoms with E-state index in [0.29, 0.717) is 0 Å². The molecule has 1 saturated heterocycles. The number of nitrogens with one attached hydrogen (secondary N) is 1. The lowest BCUT2D eigenvalue weighted by atomic mass is 9.98. The maximum Gasteiger partial charge on any atom is 0.0760 e. The molecule has 3 heteroatoms. The monoisotopic (exact) mass is 254 g/mol. The second-order valence-corrected chi connectivity index (χ2v) is 6.69. The zero-order chi connectivity index (χ0) is 13.8. The molecular weight excluding hydrogens is 224 g/mol. The van der Waals surface area contributed by atoms with E-state index < -0.39 is 0 Å². The Kier molecular flexibility index (Phi) is 5.38. The lowest BCUT2D eigenvalue weighted by Crippen LogP contribution is -2.57. The number of morpholine rings is 1. The third-order valence-electron chi connectivity index (χ3n) is 3.01. The second-order valence-electron chi connectivity index (χ2n) is 6.69. The average molecular weight is 254 g/mol. The fraction of sp³-hybridized carbons (Fsp3) is 0.867. The minimum Gasteiger partial charge on any atom is -0.367 e. The van der Waals surface area contributed by atoms with Gasteiger partial charge in [0.1, 0.15) is 0 Å². The van der Waals surface area contributed by atoms with Crippen LogP contribution in [0, 0.1) is 0 Å². The number of rotatable bonds is 6. The molecule has 0 saturated carbocycles. The summed E-state index contributed by atoms with van der Waals surface area (Å²) in [5.41, 5.74) is 1.12. The highest BCUT2D eigenvalue weighted by Crippen LogP contribution is 2.28. The molecule has 1 aliphatic rings. The highest BCUT2D eigenvalue weighted by Gasteiger charge is 2.37. The molecule has 0 bridgehead atoms. The Bertz CT molecular complexity index is 268. The lowest BCUT2D eigenvalue weighted by molar-refractivity contribution is -0.178. The molecular formula is C15H30N2O. The molecule has 0 unspecified atom stereocenters. The Labute approximate surface area is 113 Å². The van der Waals surface area contributed by atoms with Gasteiger partial charge in [-0.1, -0.05) is 13.5 Å². The van der Waals surface area contributed by atoms with Crippen molar-refractivity contribution in [2.75, 3.05) is 32.7 Å². The Morgan fingerprint density at radius 3 is 2.28 bits per heavy atom. The Hall–Kier alpha value is -0.380. The van der Waals surface area contributed by atoms with E-state index in [4.69, 9.17) is 4.74 Å². The van der Waals surface area contributed by atoms with E-state index in [1.807, 2.05) is 0 Å². The molecule has 1 aliphatic heterocycles. The highest BCUT2D eigenvalue weighted by molar-refractivity contribution is 5.02. The van der Waals surface area contributed by atoms with Crippen molar-refractivity contribution in [3.63, 3.8) is 0 Å². The van der Waals surface area contributed by atoms with Crippen LogP contribution >= 0.6 is 0 Å². The molecule has 18 heavy (non-hydrogen) atoms. The minimum atomic E-state index is -0.0706. The number of nitrogens with zero attached hydrogens (tertiary/aromatic N) is 1. The van der Waals surface area contributed by atoms with Crippen molar-refractivity contribution >= 4 is 0 Å². The first-order valence-corrected chi connectivity index (χ1v) is 7.04. The Morgan fingerprint density at radius 1 is 1.22 bits per heavy atom. The van der Waals surface area contributed by atoms with Crippen LogP contribution in [0.3, 0.4) is 0 Å². The molecule has 106 valence electrons. The van der Waals surface area contributed by atoms with Crippen molar-refractivity contribution in [2.24, 2.45) is 0 Å². The molecule has 0 spiro atoms. The summed E-state index contributed by atoms with van der Waals surface area (Å²) in [5, 5.41) is 3.41. The molecule has 0 aromatic carbocycles. The summed E-state index contributed by atoms with van der Waals surface area (Å²) in [6, 6.07) is 0. The molecule has 0 aliphatic carbocycles. The number of hydrogen-bond acceptors (Lipinski definition) is 3. The third kappa shape index (κ3) is 5.51. The lowest BCUT2D eigenvalue weighted by Gasteiger charge is -2.47. The largest absolute Gasteiger partial charge is 0.367 e. The van der Waals surface area contributed by atoms with Crippen molar-refractivity contribution in [1.29, 1.82) is 0 Å². The van der Waals surface area contributed by atoms with Crippen LogP contribution in [0.2, 0.25) is 0 Å². The van der Waals surface area contributed by atoms with E-state index in [2.05, 4.69) is 51.4 Å². The van der Waals surface area contributed by atoms with Crippen LogP contribution in [0.4, 0.5) is 0 Å². The van der Waals surface area contributed by atoms with Crippen molar-refractivity contribution < 1.29 is 4.74 Å². The van der Waals surface area contributed by atoms with Gasteiger partial charge in [0.05, 0.1) is 11.2 Å². The fourth-order valence-corrected chi connectivity index (χ4v) is 2.87. The summed E-state index contributed by atoms with van der Waals surface area (Å²) in [7, 11) is 0. The van der Waals surface area contributed by atoms with Gasteiger partial charge in [0, 0.05) is 26.2 Å². The Morgan fingerprint density at radius 2 is 1.78 bits per heavy atom. The van der Waals surface area contributed by atoms with Gasteiger partial charge in [-0.3, -0.25) is 4.90 Å². The zero-order valence-electron chi connectivity index (χ0n) is 12.8. The van der Waals surface area contributed by atoms with Gasteiger partial charge in [-0.05, 0) is 46.2 Å². The van der Waals surface area contributed by atoms with E-state index in [1.165, 1.54) is 12.0 Å². The molecule has 0 atom stereocenters. The first-order chi connectivity index (χ1) is 8.24. The predicted molar refractivity (Wildman–Crippen MR) is 78.0 cm³/mol. The SMILES string of the molecule is C=C(CNCCC)CN1CC(C)(C)OC(C)(C)C1. The molecule has 0 radical (unpaired) electrons. The van der Waals surface area contributed by atoms with Gasteiger partial charge in [-0.25, -0.2) is 0 Å². The van der Waals surface area contributed by atoms with Gasteiger partial charge in [0.15, 0.2) is 0 Å². The Balaban J connectivity index is 2.44. The van der Waals surface area contributed by atoms with Gasteiger partial charge >= 0.3 is 0 Å². The summed E-state index contributed by atoms with van der Waals surface area (Å²) in [4.78, 5) is 2.46. The molecule has 1 heterocycles. The standard InChI is InChI=1S/C15H30N2O/c1-7-8-16-9-13(2)10-17-11-14(3,4)18-15(5,6)12-17/h16H,2,7-12H2,1,3-6H3. The van der Waals surface area contributed by atoms with Crippen LogP contribution < -0.4 is 5.32 Å². The van der Waals surface area contributed by atoms with E-state index in [9.17, 15) is 0 Å². The van der Waals surface area contributed by atoms with Gasteiger partial charge in [0.2, 0.25) is 0 Å². The maximum atomic E-state index is 6.08. The van der Waals surface area contributed by atoms with Crippen LogP contribution in [-0.2, 0) is 4.74 Å². The van der Waals surface area contributed by atoms with Crippen molar-refractivity contribution in [1.82, 2.24) is 10.2 Å². The minimum absolute atomic E-state index is 0.0706. The van der Waals surface area contributed by atoms with Crippen LogP contribution in [0.25, 0.3) is 0 Å². The molecule has 0 aromatic rings. The molecule has 1 N–H and O–H groups in total. The van der Waals surface area contributed by atoms with E-state index in [0.717, 1.165) is 32.7 Å². The summed E-state index contributed by atoms with van der Waals surface area (Å²) < 4.78 is 6.08. The number of hydrogen-bond donors (Lipinski definition) is 1. The highest BCUT2D eigenvalue weighted by atomic mass is 16.5. The van der Waals surface area contributed by atoms with Crippen LogP contribution in [0.5, 0.6) is 0 Å². The van der Waals surface area contributed by atoms with E-state index in [1.54, 1.807) is 0 Å². The summed E-state index contributed by atoms with van der Waals surface area (Å²) in [6.07, 6.45) is 1.17. The molecule has 0 amide bonds. The number of ether oxygens (including phenoxy) is 1. The van der Waals surface area contributed by atoms with Crippen molar-refractivity contribution in [2.45, 2.75) is 52.2 Å². The van der Waals surface area contributed by atoms with Crippen molar-refractivity contribution in [3.05, 3.63) is 12.2 Å². The normalized spacial score (nSPS) is 22.9. The fourth-order valence-electron chi connectivity index (χ4n) is 2.87. The van der Waals surface area contributed by atoms with Gasteiger partial charge in [-0.2, -0.15) is 0 Å². The smallest absolute Gasteiger partial charge is 0.0760 e. The zero-order valence-corrected chi connectivity index (χ0v) is 12.8. The first-order valence-electron chi connectivity index (χ1n) is 7.04. The summed E-state index contributed by atoms with van der Waals surface area (Å²) >= 11 is 0. The predicted octanol–water partition coefficient (Wildman–Crippen LogP) is 2.43. The van der Waals surface area contributed by atoms with E-state index >= 15 is 0 Å². The van der Waals surface area contributed by atoms with Crippen LogP contribution in [-0.4, -0.2) is 48.8 Å². The van der Waals surface area contributed by atoms with Gasteiger partial charge in [0.25, 0.3) is 0 Å². The van der Waals surface area contributed by atoms with E-state index in [-0.39, 0.29) is 11.2 Å². The average Bonchev–Trinajstić information content (AvgIpc) is 2.12. The van der Waals surface area contributed by atoms with Crippen LogP contribution in [0.1, 0.15) is 41.0 Å². The second kappa shape index (κ2) is 6.18. The molecule has 1 fully saturated rings. The topological polar surface area (TPSA) is 24.5 Å². The summed E-state index contributed by atoms with van der Waals surface area (Å²) in [6.45, 7) is 19.9. The third-order valence-corrected chi connectivity index (χ3v) is 3.01. The summed E-state index contributed by atoms with van der Waals surface area (Å²) in [5.74, 6) is 0. The van der Waals surface area contributed by atoms with Gasteiger partial charge in [-0.15, -0.1) is 0 Å². The first kappa shape index (κ1) is 15.7. The molecule has 1 rings (SSSR count). The molecule has 3 nitrogen and oxygen atoms in total. The maximum absolute atomic E-state index is 6.08. The molecule has 0 aromatic heterocycles. The van der Waals surface area contributed by atoms with Crippen molar-refractivity contribution in [3.8, 4) is 0 Å². The quantitative estimate of drug-likeness (QED) is 0.582.